The van der Waals surface area contributed by atoms with Gasteiger partial charge in [0.25, 0.3) is 0 Å². The first kappa shape index (κ1) is 30.0. The predicted molar refractivity (Wildman–Crippen MR) is 202 cm³/mol. The maximum atomic E-state index is 15.3. The molecule has 0 aliphatic heterocycles. The molecule has 240 valence electrons. The van der Waals surface area contributed by atoms with E-state index in [2.05, 4.69) is 77.4 Å². The van der Waals surface area contributed by atoms with E-state index >= 15 is 8.78 Å². The molecule has 7 aromatic carbocycles. The normalized spacial score (nSPS) is 11.5. The van der Waals surface area contributed by atoms with Crippen molar-refractivity contribution in [1.82, 2.24) is 4.57 Å². The minimum atomic E-state index is -0.987. The van der Waals surface area contributed by atoms with E-state index in [0.717, 1.165) is 33.5 Å². The standard InChI is InChI=1S/C44H27F3N2S/c45-32-26-38(46)43(39(47)27-32)48(33-20-14-29(15-21-33)28-8-2-1-3-9-28)34-22-16-30(17-23-34)31-18-24-35(25-19-31)49-40-12-6-4-10-36(40)44-42(49)37-11-5-7-13-41(37)50-44/h1-27H. The Bertz CT molecular complexity index is 2630. The van der Waals surface area contributed by atoms with Crippen molar-refractivity contribution in [2.45, 2.75) is 0 Å². The fourth-order valence-electron chi connectivity index (χ4n) is 6.88. The number of thiophene rings is 1. The first-order valence-corrected chi connectivity index (χ1v) is 17.1. The van der Waals surface area contributed by atoms with Crippen LogP contribution in [-0.2, 0) is 0 Å². The van der Waals surface area contributed by atoms with Gasteiger partial charge in [-0.15, -0.1) is 11.3 Å². The maximum Gasteiger partial charge on any atom is 0.153 e. The number of halogens is 3. The predicted octanol–water partition coefficient (Wildman–Crippen LogP) is 13.2. The number of benzene rings is 7. The Morgan fingerprint density at radius 1 is 0.480 bits per heavy atom. The van der Waals surface area contributed by atoms with Crippen molar-refractivity contribution in [2.75, 3.05) is 4.90 Å². The molecule has 0 unspecified atom stereocenters. The molecule has 2 nitrogen and oxygen atoms in total. The molecule has 2 heterocycles. The fraction of sp³-hybridized carbons (Fsp3) is 0. The quantitative estimate of drug-likeness (QED) is 0.171. The molecular formula is C44H27F3N2S. The number of hydrogen-bond donors (Lipinski definition) is 0. The molecule has 2 aromatic heterocycles. The molecule has 0 bridgehead atoms. The second-order valence-electron chi connectivity index (χ2n) is 12.2. The van der Waals surface area contributed by atoms with Crippen LogP contribution < -0.4 is 4.90 Å². The van der Waals surface area contributed by atoms with Crippen molar-refractivity contribution in [2.24, 2.45) is 0 Å². The number of para-hydroxylation sites is 1. The fourth-order valence-corrected chi connectivity index (χ4v) is 8.10. The van der Waals surface area contributed by atoms with Crippen LogP contribution in [0.4, 0.5) is 30.2 Å². The summed E-state index contributed by atoms with van der Waals surface area (Å²) in [5, 5.41) is 2.47. The van der Waals surface area contributed by atoms with Gasteiger partial charge in [-0.3, -0.25) is 0 Å². The Morgan fingerprint density at radius 3 is 1.60 bits per heavy atom. The van der Waals surface area contributed by atoms with Gasteiger partial charge >= 0.3 is 0 Å². The highest BCUT2D eigenvalue weighted by Crippen LogP contribution is 2.43. The maximum absolute atomic E-state index is 15.3. The molecule has 0 fully saturated rings. The van der Waals surface area contributed by atoms with Gasteiger partial charge in [0.2, 0.25) is 0 Å². The lowest BCUT2D eigenvalue weighted by atomic mass is 10.0. The Labute approximate surface area is 290 Å². The largest absolute Gasteiger partial charge is 0.308 e. The Morgan fingerprint density at radius 2 is 0.980 bits per heavy atom. The lowest BCUT2D eigenvalue weighted by Crippen LogP contribution is -2.14. The van der Waals surface area contributed by atoms with E-state index in [-0.39, 0.29) is 5.69 Å². The molecule has 0 aliphatic rings. The van der Waals surface area contributed by atoms with Gasteiger partial charge < -0.3 is 9.47 Å². The van der Waals surface area contributed by atoms with E-state index in [0.29, 0.717) is 23.5 Å². The van der Waals surface area contributed by atoms with Crippen molar-refractivity contribution in [1.29, 1.82) is 0 Å². The Hall–Kier alpha value is -6.11. The third kappa shape index (κ3) is 5.04. The van der Waals surface area contributed by atoms with E-state index in [9.17, 15) is 4.39 Å². The van der Waals surface area contributed by atoms with Gasteiger partial charge in [0, 0.05) is 44.7 Å². The molecule has 0 amide bonds. The topological polar surface area (TPSA) is 8.17 Å². The van der Waals surface area contributed by atoms with Gasteiger partial charge in [0.05, 0.1) is 15.7 Å². The van der Waals surface area contributed by atoms with Gasteiger partial charge in [-0.1, -0.05) is 103 Å². The van der Waals surface area contributed by atoms with Crippen molar-refractivity contribution >= 4 is 59.6 Å². The van der Waals surface area contributed by atoms with Crippen LogP contribution in [0, 0.1) is 17.5 Å². The van der Waals surface area contributed by atoms with Gasteiger partial charge in [-0.2, -0.15) is 0 Å². The van der Waals surface area contributed by atoms with E-state index in [1.165, 1.54) is 30.6 Å². The second kappa shape index (κ2) is 12.1. The summed E-state index contributed by atoms with van der Waals surface area (Å²) in [4.78, 5) is 1.49. The average Bonchev–Trinajstić information content (AvgIpc) is 3.69. The molecule has 50 heavy (non-hydrogen) atoms. The first-order chi connectivity index (χ1) is 24.5. The zero-order chi connectivity index (χ0) is 33.8. The zero-order valence-electron chi connectivity index (χ0n) is 26.5. The first-order valence-electron chi connectivity index (χ1n) is 16.3. The van der Waals surface area contributed by atoms with Crippen molar-refractivity contribution in [3.8, 4) is 27.9 Å². The number of aromatic nitrogens is 1. The van der Waals surface area contributed by atoms with E-state index < -0.39 is 17.5 Å². The van der Waals surface area contributed by atoms with Crippen LogP contribution in [0.5, 0.6) is 0 Å². The minimum absolute atomic E-state index is 0.345. The summed E-state index contributed by atoms with van der Waals surface area (Å²) in [6.45, 7) is 0. The lowest BCUT2D eigenvalue weighted by molar-refractivity contribution is 0.545. The second-order valence-corrected chi connectivity index (χ2v) is 13.2. The third-order valence-corrected chi connectivity index (χ3v) is 10.4. The van der Waals surface area contributed by atoms with E-state index in [4.69, 9.17) is 0 Å². The molecule has 0 spiro atoms. The summed E-state index contributed by atoms with van der Waals surface area (Å²) < 4.78 is 49.5. The third-order valence-electron chi connectivity index (χ3n) is 9.20. The molecule has 0 saturated heterocycles. The van der Waals surface area contributed by atoms with Crippen LogP contribution >= 0.6 is 11.3 Å². The van der Waals surface area contributed by atoms with Gasteiger partial charge in [0.1, 0.15) is 11.5 Å². The summed E-state index contributed by atoms with van der Waals surface area (Å²) in [5.41, 5.74) is 8.10. The van der Waals surface area contributed by atoms with Gasteiger partial charge in [0.15, 0.2) is 11.6 Å². The summed E-state index contributed by atoms with van der Waals surface area (Å²) in [7, 11) is 0. The van der Waals surface area contributed by atoms with Crippen LogP contribution in [0.3, 0.4) is 0 Å². The highest BCUT2D eigenvalue weighted by molar-refractivity contribution is 7.26. The van der Waals surface area contributed by atoms with Crippen molar-refractivity contribution in [3.63, 3.8) is 0 Å². The minimum Gasteiger partial charge on any atom is -0.308 e. The Kier molecular flexibility index (Phi) is 7.25. The monoisotopic (exact) mass is 672 g/mol. The summed E-state index contributed by atoms with van der Waals surface area (Å²) >= 11 is 1.82. The van der Waals surface area contributed by atoms with Crippen LogP contribution in [-0.4, -0.2) is 4.57 Å². The number of rotatable bonds is 6. The average molecular weight is 673 g/mol. The molecule has 0 aliphatic carbocycles. The zero-order valence-corrected chi connectivity index (χ0v) is 27.3. The smallest absolute Gasteiger partial charge is 0.153 e. The number of anilines is 3. The van der Waals surface area contributed by atoms with E-state index in [1.54, 1.807) is 0 Å². The van der Waals surface area contributed by atoms with Crippen molar-refractivity contribution < 1.29 is 13.2 Å². The molecule has 0 saturated carbocycles. The molecule has 9 rings (SSSR count). The van der Waals surface area contributed by atoms with Crippen LogP contribution in [0.25, 0.3) is 59.1 Å². The molecule has 9 aromatic rings. The lowest BCUT2D eigenvalue weighted by Gasteiger charge is -2.26. The summed E-state index contributed by atoms with van der Waals surface area (Å²) in [5.74, 6) is -2.94. The molecule has 0 atom stereocenters. The van der Waals surface area contributed by atoms with Gasteiger partial charge in [-0.25, -0.2) is 13.2 Å². The van der Waals surface area contributed by atoms with Crippen molar-refractivity contribution in [3.05, 3.63) is 181 Å². The van der Waals surface area contributed by atoms with Gasteiger partial charge in [-0.05, 0) is 70.8 Å². The van der Waals surface area contributed by atoms with E-state index in [1.807, 2.05) is 90.2 Å². The highest BCUT2D eigenvalue weighted by Gasteiger charge is 2.22. The van der Waals surface area contributed by atoms with Crippen LogP contribution in [0.2, 0.25) is 0 Å². The molecule has 0 radical (unpaired) electrons. The molecule has 0 N–H and O–H groups in total. The Balaban J connectivity index is 1.09. The molecule has 6 heteroatoms. The number of nitrogens with zero attached hydrogens (tertiary/aromatic N) is 2. The number of fused-ring (bicyclic) bond motifs is 5. The highest BCUT2D eigenvalue weighted by atomic mass is 32.1. The number of hydrogen-bond acceptors (Lipinski definition) is 2. The summed E-state index contributed by atoms with van der Waals surface area (Å²) in [6.07, 6.45) is 0. The van der Waals surface area contributed by atoms with Crippen LogP contribution in [0.1, 0.15) is 0 Å². The summed E-state index contributed by atoms with van der Waals surface area (Å²) in [6, 6.07) is 51.8. The molecular weight excluding hydrogens is 646 g/mol. The SMILES string of the molecule is Fc1cc(F)c(N(c2ccc(-c3ccccc3)cc2)c2ccc(-c3ccc(-n4c5ccccc5c5sc6ccccc6c54)cc3)cc2)c(F)c1. The van der Waals surface area contributed by atoms with Crippen LogP contribution in [0.15, 0.2) is 164 Å².